The first-order chi connectivity index (χ1) is 15.2. The molecule has 7 heteroatoms. The molecular weight excluding hydrogens is 426 g/mol. The van der Waals surface area contributed by atoms with Crippen molar-refractivity contribution < 1.29 is 9.53 Å². The third-order valence-corrected chi connectivity index (χ3v) is 6.57. The number of carbonyl (C=O) groups is 1. The van der Waals surface area contributed by atoms with Crippen LogP contribution in [0.5, 0.6) is 5.75 Å². The highest BCUT2D eigenvalue weighted by Crippen LogP contribution is 2.29. The quantitative estimate of drug-likeness (QED) is 0.222. The number of rotatable bonds is 8. The van der Waals surface area contributed by atoms with Gasteiger partial charge in [0.25, 0.3) is 5.91 Å². The minimum Gasteiger partial charge on any atom is -0.488 e. The van der Waals surface area contributed by atoms with Crippen LogP contribution in [0.15, 0.2) is 82.2 Å². The first kappa shape index (κ1) is 21.1. The Kier molecular flexibility index (Phi) is 6.96. The number of hydrogen-bond acceptors (Lipinski definition) is 6. The lowest BCUT2D eigenvalue weighted by atomic mass is 10.1. The lowest BCUT2D eigenvalue weighted by molar-refractivity contribution is -0.118. The van der Waals surface area contributed by atoms with Crippen LogP contribution in [0.4, 0.5) is 0 Å². The lowest BCUT2D eigenvalue weighted by Gasteiger charge is -2.09. The molecule has 0 spiro atoms. The Bertz CT molecular complexity index is 1190. The summed E-state index contributed by atoms with van der Waals surface area (Å²) in [5.41, 5.74) is 6.63. The van der Waals surface area contributed by atoms with E-state index in [1.165, 1.54) is 17.3 Å². The zero-order valence-electron chi connectivity index (χ0n) is 16.9. The van der Waals surface area contributed by atoms with Crippen LogP contribution in [0.2, 0.25) is 0 Å². The minimum absolute atomic E-state index is 0.182. The van der Waals surface area contributed by atoms with Crippen LogP contribution in [-0.2, 0) is 11.4 Å². The van der Waals surface area contributed by atoms with Gasteiger partial charge >= 0.3 is 0 Å². The molecule has 4 aromatic rings. The van der Waals surface area contributed by atoms with Gasteiger partial charge in [-0.05, 0) is 36.8 Å². The van der Waals surface area contributed by atoms with Crippen molar-refractivity contribution in [3.8, 4) is 5.75 Å². The molecule has 0 aliphatic rings. The lowest BCUT2D eigenvalue weighted by Crippen LogP contribution is -2.19. The third-order valence-electron chi connectivity index (χ3n) is 4.39. The van der Waals surface area contributed by atoms with Crippen LogP contribution < -0.4 is 10.2 Å². The summed E-state index contributed by atoms with van der Waals surface area (Å²) in [5.74, 6) is 0.785. The van der Waals surface area contributed by atoms with Gasteiger partial charge in [0.15, 0.2) is 4.34 Å². The van der Waals surface area contributed by atoms with Gasteiger partial charge < -0.3 is 4.74 Å². The molecule has 0 aliphatic carbocycles. The number of hydrogen-bond donors (Lipinski definition) is 1. The largest absolute Gasteiger partial charge is 0.488 e. The maximum atomic E-state index is 12.1. The highest BCUT2D eigenvalue weighted by Gasteiger charge is 2.07. The molecule has 3 aromatic carbocycles. The van der Waals surface area contributed by atoms with Crippen molar-refractivity contribution in [2.24, 2.45) is 5.10 Å². The summed E-state index contributed by atoms with van der Waals surface area (Å²) in [4.78, 5) is 16.7. The number of aromatic nitrogens is 1. The maximum Gasteiger partial charge on any atom is 0.250 e. The summed E-state index contributed by atoms with van der Waals surface area (Å²) in [6.45, 7) is 2.53. The summed E-state index contributed by atoms with van der Waals surface area (Å²) in [6.07, 6.45) is 1.60. The molecule has 0 saturated carbocycles. The molecule has 4 rings (SSSR count). The van der Waals surface area contributed by atoms with Crippen LogP contribution in [0, 0.1) is 6.92 Å². The molecule has 0 atom stereocenters. The van der Waals surface area contributed by atoms with Crippen LogP contribution in [0.25, 0.3) is 10.2 Å². The molecular formula is C24H21N3O2S2. The van der Waals surface area contributed by atoms with E-state index in [1.807, 2.05) is 60.7 Å². The third kappa shape index (κ3) is 5.93. The summed E-state index contributed by atoms with van der Waals surface area (Å²) in [6, 6.07) is 23.8. The molecule has 0 bridgehead atoms. The highest BCUT2D eigenvalue weighted by molar-refractivity contribution is 8.01. The summed E-state index contributed by atoms with van der Waals surface area (Å²) >= 11 is 2.99. The van der Waals surface area contributed by atoms with Crippen molar-refractivity contribution >= 4 is 45.4 Å². The molecule has 31 heavy (non-hydrogen) atoms. The number of carbonyl (C=O) groups excluding carboxylic acids is 1. The van der Waals surface area contributed by atoms with Crippen molar-refractivity contribution in [3.63, 3.8) is 0 Å². The predicted molar refractivity (Wildman–Crippen MR) is 128 cm³/mol. The molecule has 0 aliphatic heterocycles. The van der Waals surface area contributed by atoms with Crippen molar-refractivity contribution in [1.29, 1.82) is 0 Å². The monoisotopic (exact) mass is 447 g/mol. The smallest absolute Gasteiger partial charge is 0.250 e. The van der Waals surface area contributed by atoms with Crippen LogP contribution >= 0.6 is 23.1 Å². The molecule has 1 heterocycles. The number of para-hydroxylation sites is 2. The number of ether oxygens (including phenoxy) is 1. The molecule has 0 saturated heterocycles. The number of amides is 1. The fourth-order valence-corrected chi connectivity index (χ4v) is 4.79. The van der Waals surface area contributed by atoms with Crippen molar-refractivity contribution in [2.75, 3.05) is 5.75 Å². The topological polar surface area (TPSA) is 63.6 Å². The summed E-state index contributed by atoms with van der Waals surface area (Å²) < 4.78 is 7.94. The number of benzene rings is 3. The van der Waals surface area contributed by atoms with Gasteiger partial charge in [-0.15, -0.1) is 11.3 Å². The second-order valence-corrected chi connectivity index (χ2v) is 9.10. The first-order valence-electron chi connectivity index (χ1n) is 9.75. The number of nitrogens with one attached hydrogen (secondary N) is 1. The second kappa shape index (κ2) is 10.2. The normalized spacial score (nSPS) is 11.1. The Morgan fingerprint density at radius 2 is 1.97 bits per heavy atom. The number of hydrazone groups is 1. The Balaban J connectivity index is 1.30. The van der Waals surface area contributed by atoms with Gasteiger partial charge in [0.2, 0.25) is 0 Å². The van der Waals surface area contributed by atoms with E-state index in [0.717, 1.165) is 25.7 Å². The number of thiazole rings is 1. The zero-order chi connectivity index (χ0) is 21.5. The van der Waals surface area contributed by atoms with E-state index in [2.05, 4.69) is 34.6 Å². The molecule has 0 radical (unpaired) electrons. The number of fused-ring (bicyclic) bond motifs is 1. The van der Waals surface area contributed by atoms with Crippen LogP contribution in [0.1, 0.15) is 16.7 Å². The Labute approximate surface area is 189 Å². The maximum absolute atomic E-state index is 12.1. The molecule has 1 N–H and O–H groups in total. The van der Waals surface area contributed by atoms with E-state index in [0.29, 0.717) is 12.4 Å². The fraction of sp³-hybridized carbons (Fsp3) is 0.125. The van der Waals surface area contributed by atoms with E-state index in [9.17, 15) is 4.79 Å². The highest BCUT2D eigenvalue weighted by atomic mass is 32.2. The van der Waals surface area contributed by atoms with E-state index in [1.54, 1.807) is 17.6 Å². The molecule has 0 fully saturated rings. The van der Waals surface area contributed by atoms with Gasteiger partial charge in [0.1, 0.15) is 12.4 Å². The Morgan fingerprint density at radius 1 is 1.13 bits per heavy atom. The van der Waals surface area contributed by atoms with Crippen LogP contribution in [-0.4, -0.2) is 22.9 Å². The van der Waals surface area contributed by atoms with Crippen molar-refractivity contribution in [1.82, 2.24) is 10.4 Å². The SMILES string of the molecule is Cc1cccc(COc2ccccc2/C=N/NC(=O)CSc2nc3ccccc3s2)c1. The van der Waals surface area contributed by atoms with Crippen molar-refractivity contribution in [2.45, 2.75) is 17.9 Å². The predicted octanol–water partition coefficient (Wildman–Crippen LogP) is 5.43. The van der Waals surface area contributed by atoms with E-state index >= 15 is 0 Å². The fourth-order valence-electron chi connectivity index (χ4n) is 2.93. The average molecular weight is 448 g/mol. The number of thioether (sulfide) groups is 1. The average Bonchev–Trinajstić information content (AvgIpc) is 3.20. The van der Waals surface area contributed by atoms with Gasteiger partial charge in [-0.1, -0.05) is 65.9 Å². The Morgan fingerprint density at radius 3 is 2.84 bits per heavy atom. The zero-order valence-corrected chi connectivity index (χ0v) is 18.6. The summed E-state index contributed by atoms with van der Waals surface area (Å²) in [7, 11) is 0. The minimum atomic E-state index is -0.182. The molecule has 1 amide bonds. The Hall–Kier alpha value is -3.16. The van der Waals surface area contributed by atoms with Gasteiger partial charge in [-0.3, -0.25) is 4.79 Å². The first-order valence-corrected chi connectivity index (χ1v) is 11.6. The van der Waals surface area contributed by atoms with E-state index < -0.39 is 0 Å². The van der Waals surface area contributed by atoms with Crippen LogP contribution in [0.3, 0.4) is 0 Å². The van der Waals surface area contributed by atoms with Gasteiger partial charge in [0.05, 0.1) is 22.2 Å². The molecule has 0 unspecified atom stereocenters. The number of aryl methyl sites for hydroxylation is 1. The van der Waals surface area contributed by atoms with Gasteiger partial charge in [0, 0.05) is 5.56 Å². The van der Waals surface area contributed by atoms with E-state index in [-0.39, 0.29) is 11.7 Å². The molecule has 156 valence electrons. The second-order valence-electron chi connectivity index (χ2n) is 6.84. The van der Waals surface area contributed by atoms with Gasteiger partial charge in [-0.25, -0.2) is 10.4 Å². The number of nitrogens with zero attached hydrogens (tertiary/aromatic N) is 2. The van der Waals surface area contributed by atoms with Crippen molar-refractivity contribution in [3.05, 3.63) is 89.5 Å². The standard InChI is InChI=1S/C24H21N3O2S2/c1-17-7-6-8-18(13-17)15-29-21-11-4-2-9-19(21)14-25-27-23(28)16-30-24-26-20-10-3-5-12-22(20)31-24/h2-14H,15-16H2,1H3,(H,27,28)/b25-14+. The van der Waals surface area contributed by atoms with Gasteiger partial charge in [-0.2, -0.15) is 5.10 Å². The van der Waals surface area contributed by atoms with E-state index in [4.69, 9.17) is 4.74 Å². The molecule has 1 aromatic heterocycles. The molecule has 5 nitrogen and oxygen atoms in total. The summed E-state index contributed by atoms with van der Waals surface area (Å²) in [5, 5.41) is 4.09.